The summed E-state index contributed by atoms with van der Waals surface area (Å²) in [6.45, 7) is 4.18. The molecule has 1 aliphatic rings. The summed E-state index contributed by atoms with van der Waals surface area (Å²) in [7, 11) is 0. The number of nitrogens with two attached hydrogens (primary N) is 1. The van der Waals surface area contributed by atoms with Crippen LogP contribution in [0.2, 0.25) is 0 Å². The summed E-state index contributed by atoms with van der Waals surface area (Å²) in [4.78, 5) is 0. The highest BCUT2D eigenvalue weighted by Crippen LogP contribution is 2.38. The van der Waals surface area contributed by atoms with Crippen molar-refractivity contribution >= 4 is 0 Å². The van der Waals surface area contributed by atoms with Crippen LogP contribution < -0.4 is 11.3 Å². The van der Waals surface area contributed by atoms with Crippen molar-refractivity contribution in [2.24, 2.45) is 17.7 Å². The van der Waals surface area contributed by atoms with Gasteiger partial charge in [0, 0.05) is 6.04 Å². The highest BCUT2D eigenvalue weighted by molar-refractivity contribution is 5.26. The molecule has 1 aromatic carbocycles. The van der Waals surface area contributed by atoms with E-state index in [-0.39, 0.29) is 11.9 Å². The number of hydrazine groups is 1. The van der Waals surface area contributed by atoms with Gasteiger partial charge in [-0.3, -0.25) is 11.3 Å². The van der Waals surface area contributed by atoms with Gasteiger partial charge >= 0.3 is 0 Å². The quantitative estimate of drug-likeness (QED) is 0.624. The standard InChI is InChI=1S/C17H27FN2/c1-3-4-13-5-7-14(8-6-13)17(20-19)15-9-12(2)10-16(18)11-15/h9-11,13-14,17,20H,3-8,19H2,1-2H3. The van der Waals surface area contributed by atoms with Crippen LogP contribution in [-0.4, -0.2) is 0 Å². The zero-order valence-corrected chi connectivity index (χ0v) is 12.7. The van der Waals surface area contributed by atoms with Crippen LogP contribution >= 0.6 is 0 Å². The summed E-state index contributed by atoms with van der Waals surface area (Å²) in [5.41, 5.74) is 4.87. The SMILES string of the molecule is CCCC1CCC(C(NN)c2cc(C)cc(F)c2)CC1. The monoisotopic (exact) mass is 278 g/mol. The lowest BCUT2D eigenvalue weighted by Gasteiger charge is -2.34. The molecule has 2 nitrogen and oxygen atoms in total. The van der Waals surface area contributed by atoms with Gasteiger partial charge in [-0.1, -0.05) is 38.7 Å². The molecular weight excluding hydrogens is 251 g/mol. The van der Waals surface area contributed by atoms with Gasteiger partial charge < -0.3 is 0 Å². The van der Waals surface area contributed by atoms with Gasteiger partial charge in [0.1, 0.15) is 5.82 Å². The van der Waals surface area contributed by atoms with Crippen molar-refractivity contribution in [1.82, 2.24) is 5.43 Å². The fourth-order valence-corrected chi connectivity index (χ4v) is 3.67. The maximum absolute atomic E-state index is 13.6. The van der Waals surface area contributed by atoms with Crippen LogP contribution in [-0.2, 0) is 0 Å². The van der Waals surface area contributed by atoms with Crippen molar-refractivity contribution in [3.8, 4) is 0 Å². The number of aryl methyl sites for hydroxylation is 1. The van der Waals surface area contributed by atoms with Crippen molar-refractivity contribution in [3.63, 3.8) is 0 Å². The van der Waals surface area contributed by atoms with Crippen LogP contribution in [0.1, 0.15) is 62.6 Å². The third-order valence-electron chi connectivity index (χ3n) is 4.66. The highest BCUT2D eigenvalue weighted by Gasteiger charge is 2.28. The lowest BCUT2D eigenvalue weighted by atomic mass is 9.75. The zero-order chi connectivity index (χ0) is 14.5. The van der Waals surface area contributed by atoms with Crippen LogP contribution in [0.15, 0.2) is 18.2 Å². The van der Waals surface area contributed by atoms with Crippen LogP contribution in [0.25, 0.3) is 0 Å². The lowest BCUT2D eigenvalue weighted by molar-refractivity contribution is 0.215. The van der Waals surface area contributed by atoms with E-state index in [0.29, 0.717) is 5.92 Å². The van der Waals surface area contributed by atoms with E-state index < -0.39 is 0 Å². The smallest absolute Gasteiger partial charge is 0.123 e. The molecule has 0 heterocycles. The second-order valence-corrected chi connectivity index (χ2v) is 6.28. The van der Waals surface area contributed by atoms with E-state index in [2.05, 4.69) is 12.3 Å². The van der Waals surface area contributed by atoms with Gasteiger partial charge in [0.25, 0.3) is 0 Å². The predicted octanol–water partition coefficient (Wildman–Crippen LogP) is 4.25. The predicted molar refractivity (Wildman–Crippen MR) is 81.6 cm³/mol. The lowest BCUT2D eigenvalue weighted by Crippen LogP contribution is -2.35. The number of rotatable bonds is 5. The van der Waals surface area contributed by atoms with E-state index in [1.54, 1.807) is 12.1 Å². The Morgan fingerprint density at radius 3 is 2.50 bits per heavy atom. The Bertz CT molecular complexity index is 405. The van der Waals surface area contributed by atoms with E-state index in [0.717, 1.165) is 17.0 Å². The number of nitrogens with one attached hydrogen (secondary N) is 1. The van der Waals surface area contributed by atoms with E-state index in [1.807, 2.05) is 13.0 Å². The molecule has 3 N–H and O–H groups in total. The Balaban J connectivity index is 2.05. The first-order chi connectivity index (χ1) is 9.63. The topological polar surface area (TPSA) is 38.0 Å². The molecule has 20 heavy (non-hydrogen) atoms. The first-order valence-electron chi connectivity index (χ1n) is 7.87. The average molecular weight is 278 g/mol. The molecule has 0 amide bonds. The van der Waals surface area contributed by atoms with Crippen LogP contribution in [0.5, 0.6) is 0 Å². The van der Waals surface area contributed by atoms with Gasteiger partial charge in [-0.15, -0.1) is 0 Å². The highest BCUT2D eigenvalue weighted by atomic mass is 19.1. The summed E-state index contributed by atoms with van der Waals surface area (Å²) >= 11 is 0. The fraction of sp³-hybridized carbons (Fsp3) is 0.647. The molecule has 1 fully saturated rings. The second-order valence-electron chi connectivity index (χ2n) is 6.28. The third kappa shape index (κ3) is 3.80. The second kappa shape index (κ2) is 7.19. The molecular formula is C17H27FN2. The van der Waals surface area contributed by atoms with Crippen molar-refractivity contribution in [3.05, 3.63) is 35.1 Å². The molecule has 3 heteroatoms. The largest absolute Gasteiger partial charge is 0.271 e. The van der Waals surface area contributed by atoms with Crippen molar-refractivity contribution in [1.29, 1.82) is 0 Å². The number of hydrogen-bond donors (Lipinski definition) is 2. The summed E-state index contributed by atoms with van der Waals surface area (Å²) in [6, 6.07) is 5.31. The Morgan fingerprint density at radius 1 is 1.25 bits per heavy atom. The Labute approximate surface area is 121 Å². The van der Waals surface area contributed by atoms with Gasteiger partial charge in [0.15, 0.2) is 0 Å². The fourth-order valence-electron chi connectivity index (χ4n) is 3.67. The molecule has 0 aromatic heterocycles. The summed E-state index contributed by atoms with van der Waals surface area (Å²) < 4.78 is 13.6. The first kappa shape index (κ1) is 15.5. The molecule has 1 unspecified atom stereocenters. The van der Waals surface area contributed by atoms with Crippen LogP contribution in [0, 0.1) is 24.6 Å². The van der Waals surface area contributed by atoms with Gasteiger partial charge in [0.2, 0.25) is 0 Å². The third-order valence-corrected chi connectivity index (χ3v) is 4.66. The average Bonchev–Trinajstić information content (AvgIpc) is 2.41. The minimum absolute atomic E-state index is 0.0759. The molecule has 1 atom stereocenters. The van der Waals surface area contributed by atoms with Crippen molar-refractivity contribution in [2.45, 2.75) is 58.4 Å². The molecule has 0 saturated heterocycles. The molecule has 1 saturated carbocycles. The Morgan fingerprint density at radius 2 is 1.95 bits per heavy atom. The summed E-state index contributed by atoms with van der Waals surface area (Å²) in [5, 5.41) is 0. The molecule has 0 bridgehead atoms. The van der Waals surface area contributed by atoms with E-state index in [9.17, 15) is 4.39 Å². The van der Waals surface area contributed by atoms with Gasteiger partial charge in [0.05, 0.1) is 0 Å². The van der Waals surface area contributed by atoms with Crippen LogP contribution in [0.4, 0.5) is 4.39 Å². The molecule has 0 aliphatic heterocycles. The van der Waals surface area contributed by atoms with Gasteiger partial charge in [-0.05, 0) is 54.9 Å². The molecule has 112 valence electrons. The zero-order valence-electron chi connectivity index (χ0n) is 12.7. The Hall–Kier alpha value is -0.930. The normalized spacial score (nSPS) is 24.6. The summed E-state index contributed by atoms with van der Waals surface area (Å²) in [5.74, 6) is 6.99. The molecule has 1 aromatic rings. The molecule has 1 aliphatic carbocycles. The first-order valence-corrected chi connectivity index (χ1v) is 7.87. The molecule has 2 rings (SSSR count). The maximum atomic E-state index is 13.6. The van der Waals surface area contributed by atoms with E-state index in [1.165, 1.54) is 38.5 Å². The van der Waals surface area contributed by atoms with Crippen molar-refractivity contribution in [2.75, 3.05) is 0 Å². The number of halogens is 1. The van der Waals surface area contributed by atoms with Gasteiger partial charge in [-0.25, -0.2) is 4.39 Å². The minimum atomic E-state index is -0.167. The summed E-state index contributed by atoms with van der Waals surface area (Å²) in [6.07, 6.45) is 7.56. The minimum Gasteiger partial charge on any atom is -0.271 e. The molecule has 0 radical (unpaired) electrons. The number of benzene rings is 1. The number of hydrogen-bond acceptors (Lipinski definition) is 2. The van der Waals surface area contributed by atoms with Gasteiger partial charge in [-0.2, -0.15) is 0 Å². The van der Waals surface area contributed by atoms with E-state index >= 15 is 0 Å². The van der Waals surface area contributed by atoms with Crippen molar-refractivity contribution < 1.29 is 4.39 Å². The van der Waals surface area contributed by atoms with E-state index in [4.69, 9.17) is 5.84 Å². The van der Waals surface area contributed by atoms with Crippen LogP contribution in [0.3, 0.4) is 0 Å². The Kier molecular flexibility index (Phi) is 5.55. The maximum Gasteiger partial charge on any atom is 0.123 e. The molecule has 0 spiro atoms.